The summed E-state index contributed by atoms with van der Waals surface area (Å²) in [6.07, 6.45) is 23.6. The molecule has 0 nitrogen and oxygen atoms in total. The van der Waals surface area contributed by atoms with E-state index >= 15 is 0 Å². The summed E-state index contributed by atoms with van der Waals surface area (Å²) in [5, 5.41) is 0.394. The number of allylic oxidation sites excluding steroid dienone is 2. The van der Waals surface area contributed by atoms with E-state index in [1.807, 2.05) is 6.07 Å². The van der Waals surface area contributed by atoms with Crippen molar-refractivity contribution in [3.8, 4) is 0 Å². The summed E-state index contributed by atoms with van der Waals surface area (Å²) >= 11 is 6.49. The first-order valence-corrected chi connectivity index (χ1v) is 13.6. The molecule has 0 saturated heterocycles. The van der Waals surface area contributed by atoms with Gasteiger partial charge in [-0.05, 0) is 86.2 Å². The van der Waals surface area contributed by atoms with Crippen LogP contribution in [0.1, 0.15) is 121 Å². The zero-order chi connectivity index (χ0) is 22.1. The van der Waals surface area contributed by atoms with E-state index in [1.165, 1.54) is 57.8 Å². The van der Waals surface area contributed by atoms with Crippen molar-refractivity contribution >= 4 is 11.6 Å². The van der Waals surface area contributed by atoms with Gasteiger partial charge in [0.05, 0.1) is 5.02 Å². The Bertz CT molecular complexity index is 678. The highest BCUT2D eigenvalue weighted by atomic mass is 35.5. The molecule has 3 rings (SSSR count). The monoisotopic (exact) mass is 446 g/mol. The third-order valence-electron chi connectivity index (χ3n) is 8.15. The van der Waals surface area contributed by atoms with Gasteiger partial charge in [-0.1, -0.05) is 94.7 Å². The van der Waals surface area contributed by atoms with Crippen LogP contribution in [0.2, 0.25) is 5.02 Å². The molecule has 2 aliphatic rings. The minimum atomic E-state index is -0.162. The fourth-order valence-electron chi connectivity index (χ4n) is 5.85. The predicted molar refractivity (Wildman–Crippen MR) is 133 cm³/mol. The summed E-state index contributed by atoms with van der Waals surface area (Å²) in [6.45, 7) is 4.52. The number of benzene rings is 1. The molecule has 31 heavy (non-hydrogen) atoms. The summed E-state index contributed by atoms with van der Waals surface area (Å²) in [4.78, 5) is 0. The van der Waals surface area contributed by atoms with Crippen molar-refractivity contribution in [2.24, 2.45) is 17.8 Å². The second kappa shape index (κ2) is 13.0. The average Bonchev–Trinajstić information content (AvgIpc) is 2.81. The van der Waals surface area contributed by atoms with Crippen molar-refractivity contribution in [2.45, 2.75) is 116 Å². The Morgan fingerprint density at radius 3 is 2.32 bits per heavy atom. The first kappa shape index (κ1) is 24.8. The molecular formula is C29H44ClF. The van der Waals surface area contributed by atoms with E-state index in [-0.39, 0.29) is 5.82 Å². The Labute approximate surface area is 196 Å². The van der Waals surface area contributed by atoms with E-state index in [1.54, 1.807) is 0 Å². The minimum absolute atomic E-state index is 0.162. The van der Waals surface area contributed by atoms with Crippen LogP contribution in [0.4, 0.5) is 4.39 Å². The van der Waals surface area contributed by atoms with Gasteiger partial charge in [0.2, 0.25) is 0 Å². The van der Waals surface area contributed by atoms with Crippen LogP contribution in [0, 0.1) is 23.6 Å². The molecule has 2 heteroatoms. The normalized spacial score (nSPS) is 27.1. The molecule has 1 aromatic rings. The molecule has 0 amide bonds. The highest BCUT2D eigenvalue weighted by Gasteiger charge is 2.24. The lowest BCUT2D eigenvalue weighted by Gasteiger charge is -2.28. The number of rotatable bonds is 10. The van der Waals surface area contributed by atoms with Crippen LogP contribution in [0.15, 0.2) is 24.3 Å². The lowest BCUT2D eigenvalue weighted by molar-refractivity contribution is 0.259. The van der Waals surface area contributed by atoms with Gasteiger partial charge in [0.1, 0.15) is 5.82 Å². The largest absolute Gasteiger partial charge is 0.205 e. The van der Waals surface area contributed by atoms with Crippen LogP contribution < -0.4 is 0 Å². The molecule has 2 fully saturated rings. The molecule has 2 aliphatic carbocycles. The molecule has 0 N–H and O–H groups in total. The van der Waals surface area contributed by atoms with Crippen LogP contribution in [0.3, 0.4) is 0 Å². The molecular weight excluding hydrogens is 403 g/mol. The Balaban J connectivity index is 1.41. The summed E-state index contributed by atoms with van der Waals surface area (Å²) in [5.41, 5.74) is 1.84. The maximum atomic E-state index is 14.8. The molecule has 0 atom stereocenters. The van der Waals surface area contributed by atoms with Gasteiger partial charge < -0.3 is 0 Å². The van der Waals surface area contributed by atoms with Crippen LogP contribution >= 0.6 is 11.6 Å². The van der Waals surface area contributed by atoms with Crippen LogP contribution in [-0.2, 0) is 6.42 Å². The smallest absolute Gasteiger partial charge is 0.145 e. The molecule has 0 spiro atoms. The fourth-order valence-corrected chi connectivity index (χ4v) is 6.19. The van der Waals surface area contributed by atoms with Crippen molar-refractivity contribution in [3.05, 3.63) is 46.3 Å². The number of hydrogen-bond acceptors (Lipinski definition) is 0. The summed E-state index contributed by atoms with van der Waals surface area (Å²) < 4.78 is 14.8. The molecule has 0 bridgehead atoms. The maximum Gasteiger partial charge on any atom is 0.145 e. The van der Waals surface area contributed by atoms with E-state index in [9.17, 15) is 4.39 Å². The SMILES string of the molecule is CCCCCc1ccc(C2CCC(C=CCCC3CCC(CC)CC3)CC2)c(Cl)c1F. The second-order valence-corrected chi connectivity index (χ2v) is 10.7. The highest BCUT2D eigenvalue weighted by Crippen LogP contribution is 2.40. The van der Waals surface area contributed by atoms with Crippen LogP contribution in [0.5, 0.6) is 0 Å². The number of hydrogen-bond donors (Lipinski definition) is 0. The fraction of sp³-hybridized carbons (Fsp3) is 0.724. The van der Waals surface area contributed by atoms with Crippen molar-refractivity contribution < 1.29 is 4.39 Å². The maximum absolute atomic E-state index is 14.8. The summed E-state index contributed by atoms with van der Waals surface area (Å²) in [5.74, 6) is 2.92. The zero-order valence-electron chi connectivity index (χ0n) is 20.0. The number of aryl methyl sites for hydroxylation is 1. The minimum Gasteiger partial charge on any atom is -0.205 e. The first-order valence-electron chi connectivity index (χ1n) is 13.3. The van der Waals surface area contributed by atoms with Gasteiger partial charge in [-0.15, -0.1) is 0 Å². The van der Waals surface area contributed by atoms with Gasteiger partial charge in [-0.25, -0.2) is 4.39 Å². The third-order valence-corrected chi connectivity index (χ3v) is 8.53. The lowest BCUT2D eigenvalue weighted by atomic mass is 9.77. The Morgan fingerprint density at radius 2 is 1.65 bits per heavy atom. The van der Waals surface area contributed by atoms with Crippen molar-refractivity contribution in [1.82, 2.24) is 0 Å². The second-order valence-electron chi connectivity index (χ2n) is 10.3. The molecule has 1 aromatic carbocycles. The van der Waals surface area contributed by atoms with Crippen molar-refractivity contribution in [1.29, 1.82) is 0 Å². The van der Waals surface area contributed by atoms with E-state index in [2.05, 4.69) is 32.1 Å². The molecule has 174 valence electrons. The van der Waals surface area contributed by atoms with Gasteiger partial charge in [0, 0.05) is 0 Å². The zero-order valence-corrected chi connectivity index (χ0v) is 20.7. The standard InChI is InChI=1S/C29H44ClF/c1-3-5-6-11-26-20-21-27(28(30)29(26)31)25-18-16-24(17-19-25)10-8-7-9-23-14-12-22(4-2)13-15-23/h8,10,20-25H,3-7,9,11-19H2,1-2H3. The Morgan fingerprint density at radius 1 is 0.935 bits per heavy atom. The van der Waals surface area contributed by atoms with Gasteiger partial charge in [0.25, 0.3) is 0 Å². The molecule has 0 heterocycles. The Hall–Kier alpha value is -0.820. The third kappa shape index (κ3) is 7.34. The molecule has 0 aromatic heterocycles. The number of halogens is 2. The van der Waals surface area contributed by atoms with Gasteiger partial charge in [0.15, 0.2) is 0 Å². The first-order chi connectivity index (χ1) is 15.1. The lowest BCUT2D eigenvalue weighted by Crippen LogP contribution is -2.14. The van der Waals surface area contributed by atoms with Gasteiger partial charge >= 0.3 is 0 Å². The van der Waals surface area contributed by atoms with Crippen LogP contribution in [-0.4, -0.2) is 0 Å². The summed E-state index contributed by atoms with van der Waals surface area (Å²) in [6, 6.07) is 4.10. The van der Waals surface area contributed by atoms with Crippen molar-refractivity contribution in [3.63, 3.8) is 0 Å². The van der Waals surface area contributed by atoms with Crippen molar-refractivity contribution in [2.75, 3.05) is 0 Å². The van der Waals surface area contributed by atoms with E-state index in [4.69, 9.17) is 11.6 Å². The topological polar surface area (TPSA) is 0 Å². The van der Waals surface area contributed by atoms with Gasteiger partial charge in [-0.3, -0.25) is 0 Å². The summed E-state index contributed by atoms with van der Waals surface area (Å²) in [7, 11) is 0. The Kier molecular flexibility index (Phi) is 10.4. The quantitative estimate of drug-likeness (QED) is 0.247. The molecule has 0 unspecified atom stereocenters. The molecule has 0 radical (unpaired) electrons. The van der Waals surface area contributed by atoms with Crippen LogP contribution in [0.25, 0.3) is 0 Å². The molecule has 2 saturated carbocycles. The van der Waals surface area contributed by atoms with E-state index in [0.717, 1.165) is 61.5 Å². The van der Waals surface area contributed by atoms with E-state index < -0.39 is 0 Å². The highest BCUT2D eigenvalue weighted by molar-refractivity contribution is 6.31. The predicted octanol–water partition coefficient (Wildman–Crippen LogP) is 10.0. The van der Waals surface area contributed by atoms with Gasteiger partial charge in [-0.2, -0.15) is 0 Å². The average molecular weight is 447 g/mol. The van der Waals surface area contributed by atoms with E-state index in [0.29, 0.717) is 16.9 Å². The number of unbranched alkanes of at least 4 members (excludes halogenated alkanes) is 2. The molecule has 0 aliphatic heterocycles.